The van der Waals surface area contributed by atoms with Crippen LogP contribution in [0.5, 0.6) is 0 Å². The second-order valence-corrected chi connectivity index (χ2v) is 3.07. The highest BCUT2D eigenvalue weighted by atomic mass is 14.5. The zero-order chi connectivity index (χ0) is 10.6. The van der Waals surface area contributed by atoms with Gasteiger partial charge in [0, 0.05) is 11.1 Å². The van der Waals surface area contributed by atoms with E-state index >= 15 is 0 Å². The Morgan fingerprint density at radius 1 is 1.00 bits per heavy atom. The Bertz CT molecular complexity index is 419. The summed E-state index contributed by atoms with van der Waals surface area (Å²) in [4.78, 5) is 0. The largest absolute Gasteiger partial charge is 0.398 e. The molecule has 0 aromatic heterocycles. The monoisotopic (exact) mass is 187 g/mol. The molecule has 2 aromatic rings. The molecule has 0 saturated heterocycles. The molecule has 0 spiro atoms. The van der Waals surface area contributed by atoms with E-state index in [4.69, 9.17) is 5.73 Å². The fourth-order valence-electron chi connectivity index (χ4n) is 1.41. The Balaban J connectivity index is 0.000000461. The summed E-state index contributed by atoms with van der Waals surface area (Å²) in [6, 6.07) is 12.3. The fourth-order valence-corrected chi connectivity index (χ4v) is 1.41. The highest BCUT2D eigenvalue weighted by Gasteiger charge is 1.95. The maximum Gasteiger partial charge on any atom is 0.0393 e. The van der Waals surface area contributed by atoms with E-state index in [0.717, 1.165) is 11.1 Å². The maximum atomic E-state index is 5.83. The lowest BCUT2D eigenvalue weighted by Crippen LogP contribution is -1.86. The summed E-state index contributed by atoms with van der Waals surface area (Å²) < 4.78 is 0. The zero-order valence-electron chi connectivity index (χ0n) is 9.04. The van der Waals surface area contributed by atoms with Gasteiger partial charge in [0.2, 0.25) is 0 Å². The minimum Gasteiger partial charge on any atom is -0.398 e. The molecule has 0 amide bonds. The number of nitrogens with two attached hydrogens (primary N) is 1. The molecule has 1 nitrogen and oxygen atoms in total. The van der Waals surface area contributed by atoms with Crippen molar-refractivity contribution in [3.05, 3.63) is 42.0 Å². The number of fused-ring (bicyclic) bond motifs is 1. The molecule has 0 aliphatic rings. The van der Waals surface area contributed by atoms with Crippen molar-refractivity contribution in [3.63, 3.8) is 0 Å². The number of rotatable bonds is 0. The number of hydrogen-bond acceptors (Lipinski definition) is 1. The first-order chi connectivity index (χ1) is 6.77. The van der Waals surface area contributed by atoms with Crippen molar-refractivity contribution in [2.75, 3.05) is 5.73 Å². The van der Waals surface area contributed by atoms with Gasteiger partial charge in [-0.05, 0) is 24.4 Å². The van der Waals surface area contributed by atoms with Crippen LogP contribution in [0.3, 0.4) is 0 Å². The van der Waals surface area contributed by atoms with E-state index in [1.807, 2.05) is 26.0 Å². The Kier molecular flexibility index (Phi) is 3.52. The van der Waals surface area contributed by atoms with E-state index in [1.165, 1.54) is 10.9 Å². The molecule has 0 aliphatic heterocycles. The van der Waals surface area contributed by atoms with Crippen molar-refractivity contribution in [2.24, 2.45) is 0 Å². The first-order valence-electron chi connectivity index (χ1n) is 5.02. The zero-order valence-corrected chi connectivity index (χ0v) is 9.04. The predicted octanol–water partition coefficient (Wildman–Crippen LogP) is 3.76. The molecule has 2 aromatic carbocycles. The second-order valence-electron chi connectivity index (χ2n) is 3.07. The summed E-state index contributed by atoms with van der Waals surface area (Å²) in [7, 11) is 0. The second kappa shape index (κ2) is 4.66. The van der Waals surface area contributed by atoms with Gasteiger partial charge in [0.15, 0.2) is 0 Å². The first-order valence-corrected chi connectivity index (χ1v) is 5.02. The van der Waals surface area contributed by atoms with E-state index in [9.17, 15) is 0 Å². The number of anilines is 1. The molecule has 0 bridgehead atoms. The van der Waals surface area contributed by atoms with Crippen LogP contribution in [0.2, 0.25) is 0 Å². The van der Waals surface area contributed by atoms with Crippen LogP contribution in [0.15, 0.2) is 36.4 Å². The average Bonchev–Trinajstić information content (AvgIpc) is 2.22. The van der Waals surface area contributed by atoms with Gasteiger partial charge in [0.25, 0.3) is 0 Å². The highest BCUT2D eigenvalue weighted by Crippen LogP contribution is 2.21. The van der Waals surface area contributed by atoms with Crippen molar-refractivity contribution < 1.29 is 0 Å². The molecule has 0 atom stereocenters. The Labute approximate surface area is 85.6 Å². The van der Waals surface area contributed by atoms with Crippen molar-refractivity contribution in [1.29, 1.82) is 0 Å². The number of hydrogen-bond donors (Lipinski definition) is 1. The molecule has 2 N–H and O–H groups in total. The van der Waals surface area contributed by atoms with Crippen LogP contribution in [-0.4, -0.2) is 0 Å². The SMILES string of the molecule is CC.Cc1ccc2cccc(N)c2c1. The van der Waals surface area contributed by atoms with E-state index in [1.54, 1.807) is 0 Å². The molecule has 1 heteroatoms. The van der Waals surface area contributed by atoms with Gasteiger partial charge in [0.1, 0.15) is 0 Å². The van der Waals surface area contributed by atoms with Gasteiger partial charge in [0.05, 0.1) is 0 Å². The lowest BCUT2D eigenvalue weighted by atomic mass is 10.1. The molecule has 0 radical (unpaired) electrons. The Morgan fingerprint density at radius 2 is 1.71 bits per heavy atom. The summed E-state index contributed by atoms with van der Waals surface area (Å²) in [6.07, 6.45) is 0. The minimum atomic E-state index is 0.858. The average molecular weight is 187 g/mol. The summed E-state index contributed by atoms with van der Waals surface area (Å²) in [5, 5.41) is 2.36. The molecule has 0 saturated carbocycles. The van der Waals surface area contributed by atoms with Crippen LogP contribution >= 0.6 is 0 Å². The van der Waals surface area contributed by atoms with Crippen LogP contribution in [0.4, 0.5) is 5.69 Å². The van der Waals surface area contributed by atoms with E-state index in [-0.39, 0.29) is 0 Å². The van der Waals surface area contributed by atoms with Gasteiger partial charge in [-0.3, -0.25) is 0 Å². The first kappa shape index (κ1) is 10.6. The van der Waals surface area contributed by atoms with Crippen molar-refractivity contribution in [2.45, 2.75) is 20.8 Å². The summed E-state index contributed by atoms with van der Waals surface area (Å²) in [6.45, 7) is 6.08. The quantitative estimate of drug-likeness (QED) is 0.624. The summed E-state index contributed by atoms with van der Waals surface area (Å²) >= 11 is 0. The van der Waals surface area contributed by atoms with Crippen LogP contribution < -0.4 is 5.73 Å². The summed E-state index contributed by atoms with van der Waals surface area (Å²) in [5.74, 6) is 0. The van der Waals surface area contributed by atoms with Crippen LogP contribution in [0.1, 0.15) is 19.4 Å². The van der Waals surface area contributed by atoms with Gasteiger partial charge >= 0.3 is 0 Å². The van der Waals surface area contributed by atoms with Crippen molar-refractivity contribution in [1.82, 2.24) is 0 Å². The lowest BCUT2D eigenvalue weighted by molar-refractivity contribution is 1.50. The lowest BCUT2D eigenvalue weighted by Gasteiger charge is -2.01. The molecule has 2 rings (SSSR count). The molecule has 0 aliphatic carbocycles. The normalized spacial score (nSPS) is 9.36. The van der Waals surface area contributed by atoms with Crippen molar-refractivity contribution in [3.8, 4) is 0 Å². The Hall–Kier alpha value is -1.50. The van der Waals surface area contributed by atoms with Crippen LogP contribution in [0.25, 0.3) is 10.8 Å². The van der Waals surface area contributed by atoms with Gasteiger partial charge in [-0.2, -0.15) is 0 Å². The van der Waals surface area contributed by atoms with Gasteiger partial charge in [-0.25, -0.2) is 0 Å². The molecule has 0 unspecified atom stereocenters. The summed E-state index contributed by atoms with van der Waals surface area (Å²) in [5.41, 5.74) is 7.93. The molecular weight excluding hydrogens is 170 g/mol. The van der Waals surface area contributed by atoms with Crippen LogP contribution in [-0.2, 0) is 0 Å². The standard InChI is InChI=1S/C11H11N.C2H6/c1-8-5-6-9-3-2-4-11(12)10(9)7-8;1-2/h2-7H,12H2,1H3;1-2H3. The van der Waals surface area contributed by atoms with E-state index < -0.39 is 0 Å². The van der Waals surface area contributed by atoms with E-state index in [2.05, 4.69) is 31.2 Å². The minimum absolute atomic E-state index is 0.858. The fraction of sp³-hybridized carbons (Fsp3) is 0.231. The van der Waals surface area contributed by atoms with Gasteiger partial charge in [-0.15, -0.1) is 0 Å². The third-order valence-corrected chi connectivity index (χ3v) is 2.07. The topological polar surface area (TPSA) is 26.0 Å². The highest BCUT2D eigenvalue weighted by molar-refractivity contribution is 5.93. The number of aryl methyl sites for hydroxylation is 1. The molecule has 74 valence electrons. The molecule has 14 heavy (non-hydrogen) atoms. The Morgan fingerprint density at radius 3 is 2.43 bits per heavy atom. The van der Waals surface area contributed by atoms with Crippen molar-refractivity contribution >= 4 is 16.5 Å². The van der Waals surface area contributed by atoms with Gasteiger partial charge < -0.3 is 5.73 Å². The molecular formula is C13H17N. The maximum absolute atomic E-state index is 5.83. The smallest absolute Gasteiger partial charge is 0.0393 e. The number of benzene rings is 2. The van der Waals surface area contributed by atoms with Gasteiger partial charge in [-0.1, -0.05) is 43.7 Å². The number of nitrogen functional groups attached to an aromatic ring is 1. The van der Waals surface area contributed by atoms with Crippen LogP contribution in [0, 0.1) is 6.92 Å². The predicted molar refractivity (Wildman–Crippen MR) is 64.4 cm³/mol. The third-order valence-electron chi connectivity index (χ3n) is 2.07. The molecule has 0 heterocycles. The van der Waals surface area contributed by atoms with E-state index in [0.29, 0.717) is 0 Å². The third kappa shape index (κ3) is 2.05. The molecule has 0 fully saturated rings.